The van der Waals surface area contributed by atoms with Gasteiger partial charge in [-0.2, -0.15) is 0 Å². The number of amides is 13. The van der Waals surface area contributed by atoms with Gasteiger partial charge in [-0.15, -0.1) is 0 Å². The fourth-order valence-electron chi connectivity index (χ4n) is 9.35. The summed E-state index contributed by atoms with van der Waals surface area (Å²) in [5.41, 5.74) is -0.104. The summed E-state index contributed by atoms with van der Waals surface area (Å²) in [6.45, 7) is 4.82. The Balaban J connectivity index is 1.60. The highest BCUT2D eigenvalue weighted by Gasteiger charge is 2.43. The molecule has 12 N–H and O–H groups in total. The summed E-state index contributed by atoms with van der Waals surface area (Å²) in [6, 6.07) is 20.4. The van der Waals surface area contributed by atoms with E-state index in [2.05, 4.69) is 70.7 Å². The Bertz CT molecular complexity index is 3140. The lowest BCUT2D eigenvalue weighted by molar-refractivity contribution is -0.231. The SMILES string of the molecule is CCCCc1ccc(C(=O)N(Cc2ccccc2)C2c3ccccc3CC2OP(=O)([O-])OCC(NC(=O)C(C)(CNC(=O)CNC(=O)CC)CNC(=O)CNC(=O)CC)C(=O)NCCNC(=O)CNC(=O)C(C)(CNC(=O)CNC(=O)CC)CNC(=O)CNC(=O)CC)cc1. The average Bonchev–Trinajstić information content (AvgIpc) is 1.66. The Labute approximate surface area is 552 Å². The number of phosphoric acid groups is 1. The zero-order chi connectivity index (χ0) is 70.1. The van der Waals surface area contributed by atoms with Gasteiger partial charge in [-0.1, -0.05) is 108 Å². The van der Waals surface area contributed by atoms with Gasteiger partial charge in [0.15, 0.2) is 0 Å². The number of nitrogens with one attached hydrogen (secondary N) is 12. The molecule has 31 heteroatoms. The Morgan fingerprint density at radius 3 is 1.45 bits per heavy atom. The lowest BCUT2D eigenvalue weighted by Crippen LogP contribution is -2.59. The molecule has 0 radical (unpaired) electrons. The molecule has 95 heavy (non-hydrogen) atoms. The lowest BCUT2D eigenvalue weighted by Gasteiger charge is -2.37. The molecule has 0 spiro atoms. The van der Waals surface area contributed by atoms with E-state index in [9.17, 15) is 71.8 Å². The quantitative estimate of drug-likeness (QED) is 0.0246. The smallest absolute Gasteiger partial charge is 0.268 e. The molecule has 0 fully saturated rings. The van der Waals surface area contributed by atoms with Crippen LogP contribution in [0.2, 0.25) is 0 Å². The van der Waals surface area contributed by atoms with Crippen LogP contribution in [0.1, 0.15) is 126 Å². The summed E-state index contributed by atoms with van der Waals surface area (Å²) < 4.78 is 25.7. The second kappa shape index (κ2) is 39.6. The van der Waals surface area contributed by atoms with Crippen LogP contribution in [-0.2, 0) is 90.5 Å². The van der Waals surface area contributed by atoms with Crippen LogP contribution in [0.25, 0.3) is 0 Å². The molecule has 1 aliphatic carbocycles. The summed E-state index contributed by atoms with van der Waals surface area (Å²) in [4.78, 5) is 185. The fraction of sp³-hybridized carbons (Fsp3) is 0.516. The molecule has 0 bridgehead atoms. The van der Waals surface area contributed by atoms with E-state index >= 15 is 0 Å². The predicted octanol–water partition coefficient (Wildman–Crippen LogP) is -0.745. The number of nitrogens with zero attached hydrogens (tertiary/aromatic N) is 1. The first-order valence-corrected chi connectivity index (χ1v) is 33.1. The van der Waals surface area contributed by atoms with Crippen LogP contribution in [0.15, 0.2) is 78.9 Å². The van der Waals surface area contributed by atoms with Crippen molar-refractivity contribution in [2.24, 2.45) is 10.8 Å². The largest absolute Gasteiger partial charge is 0.756 e. The summed E-state index contributed by atoms with van der Waals surface area (Å²) in [5.74, 6) is -8.74. The number of unbranched alkanes of at least 4 members (excludes halogenated alkanes) is 1. The van der Waals surface area contributed by atoms with E-state index in [0.717, 1.165) is 30.4 Å². The van der Waals surface area contributed by atoms with Crippen molar-refractivity contribution in [3.63, 3.8) is 0 Å². The topological polar surface area (TPSA) is 428 Å². The van der Waals surface area contributed by atoms with Gasteiger partial charge in [-0.05, 0) is 61.1 Å². The van der Waals surface area contributed by atoms with E-state index < -0.39 is 173 Å². The zero-order valence-corrected chi connectivity index (χ0v) is 55.8. The molecule has 0 saturated heterocycles. The van der Waals surface area contributed by atoms with Crippen molar-refractivity contribution in [3.05, 3.63) is 107 Å². The number of hydrogen-bond acceptors (Lipinski definition) is 17. The van der Waals surface area contributed by atoms with Crippen LogP contribution >= 0.6 is 7.82 Å². The van der Waals surface area contributed by atoms with Gasteiger partial charge in [0, 0.05) is 83.5 Å². The molecule has 4 atom stereocenters. The van der Waals surface area contributed by atoms with E-state index in [1.807, 2.05) is 30.3 Å². The van der Waals surface area contributed by atoms with E-state index in [1.54, 1.807) is 76.2 Å². The van der Waals surface area contributed by atoms with Gasteiger partial charge in [0.05, 0.1) is 62.3 Å². The molecule has 0 aromatic heterocycles. The number of hydrogen-bond donors (Lipinski definition) is 12. The molecule has 0 aliphatic heterocycles. The van der Waals surface area contributed by atoms with E-state index in [4.69, 9.17) is 9.05 Å². The van der Waals surface area contributed by atoms with Crippen molar-refractivity contribution in [2.45, 2.75) is 125 Å². The second-order valence-electron chi connectivity index (χ2n) is 23.1. The van der Waals surface area contributed by atoms with Gasteiger partial charge in [0.25, 0.3) is 13.7 Å². The zero-order valence-electron chi connectivity index (χ0n) is 54.9. The molecule has 13 amide bonds. The molecule has 1 aliphatic rings. The second-order valence-corrected chi connectivity index (χ2v) is 24.4. The van der Waals surface area contributed by atoms with Crippen LogP contribution in [0.3, 0.4) is 0 Å². The minimum atomic E-state index is -5.59. The molecule has 520 valence electrons. The average molecular weight is 1350 g/mol. The highest BCUT2D eigenvalue weighted by molar-refractivity contribution is 7.45. The molecule has 4 rings (SSSR count). The number of fused-ring (bicyclic) bond motifs is 1. The van der Waals surface area contributed by atoms with Crippen LogP contribution in [0.5, 0.6) is 0 Å². The molecular weight excluding hydrogens is 1250 g/mol. The highest BCUT2D eigenvalue weighted by atomic mass is 31.2. The molecule has 3 aromatic carbocycles. The first kappa shape index (κ1) is 78.3. The molecule has 0 heterocycles. The predicted molar refractivity (Wildman–Crippen MR) is 345 cm³/mol. The maximum absolute atomic E-state index is 14.8. The number of benzene rings is 3. The van der Waals surface area contributed by atoms with E-state index in [1.165, 1.54) is 18.7 Å². The third-order valence-corrected chi connectivity index (χ3v) is 16.3. The molecular formula is C64H91N13O17P-. The number of carbonyl (C=O) groups excluding carboxylic acids is 13. The van der Waals surface area contributed by atoms with E-state index in [0.29, 0.717) is 16.7 Å². The normalized spacial score (nSPS) is 14.1. The Morgan fingerprint density at radius 1 is 0.526 bits per heavy atom. The van der Waals surface area contributed by atoms with Crippen LogP contribution in [0, 0.1) is 10.8 Å². The Morgan fingerprint density at radius 2 is 0.968 bits per heavy atom. The Kier molecular flexibility index (Phi) is 32.6. The first-order chi connectivity index (χ1) is 45.2. The van der Waals surface area contributed by atoms with Crippen molar-refractivity contribution in [1.29, 1.82) is 0 Å². The third-order valence-electron chi connectivity index (χ3n) is 15.3. The maximum atomic E-state index is 14.8. The van der Waals surface area contributed by atoms with Crippen molar-refractivity contribution in [2.75, 3.05) is 78.6 Å². The summed E-state index contributed by atoms with van der Waals surface area (Å²) in [6.07, 6.45) is 1.74. The lowest BCUT2D eigenvalue weighted by atomic mass is 9.88. The first-order valence-electron chi connectivity index (χ1n) is 31.6. The molecule has 3 aromatic rings. The molecule has 30 nitrogen and oxygen atoms in total. The van der Waals surface area contributed by atoms with Crippen molar-refractivity contribution in [1.82, 2.24) is 68.7 Å². The van der Waals surface area contributed by atoms with Gasteiger partial charge in [-0.25, -0.2) is 0 Å². The van der Waals surface area contributed by atoms with Gasteiger partial charge >= 0.3 is 0 Å². The number of aryl methyl sites for hydroxylation is 1. The van der Waals surface area contributed by atoms with Crippen molar-refractivity contribution in [3.8, 4) is 0 Å². The monoisotopic (exact) mass is 1340 g/mol. The van der Waals surface area contributed by atoms with Gasteiger partial charge in [0.1, 0.15) is 6.04 Å². The van der Waals surface area contributed by atoms with Gasteiger partial charge in [0.2, 0.25) is 70.9 Å². The number of phosphoric ester groups is 1. The minimum Gasteiger partial charge on any atom is -0.756 e. The van der Waals surface area contributed by atoms with Gasteiger partial charge < -0.3 is 82.6 Å². The van der Waals surface area contributed by atoms with Crippen LogP contribution in [-0.4, -0.2) is 172 Å². The maximum Gasteiger partial charge on any atom is 0.268 e. The number of carbonyl (C=O) groups is 13. The van der Waals surface area contributed by atoms with E-state index in [-0.39, 0.29) is 58.3 Å². The standard InChI is InChI=1S/C64H92N13O17P/c1-8-13-19-42-24-26-44(27-25-42)60(88)77(36-43-20-15-14-16-21-43)58-46-23-18-17-22-45(46)30-48(58)94-95(91,92)93-37-47(76-62(90)64(7,40-74-56(85)33-69-51(80)11-4)41-75-57(86)34-70-52(81)12-5)59(87)66-29-28-65-53(82)35-71-61(89)63(6,38-72-54(83)31-67-49(78)9-2)39-73-55(84)32-68-50(79)10-3/h14-18,20-27,47-48,58H,8-13,19,28-41H2,1-7H3,(H,65,82)(H,66,87)(H,67,78)(H,68,79)(H,69,80)(H,70,81)(H,71,89)(H,72,83)(H,73,84)(H,74,85)(H,75,86)(H,76,90)(H,91,92)/p-1. The fourth-order valence-corrected chi connectivity index (χ4v) is 10.3. The molecule has 4 unspecified atom stereocenters. The van der Waals surface area contributed by atoms with Crippen molar-refractivity contribution >= 4 is 84.6 Å². The van der Waals surface area contributed by atoms with Gasteiger partial charge in [-0.3, -0.25) is 66.9 Å². The summed E-state index contributed by atoms with van der Waals surface area (Å²) in [7, 11) is -5.59. The minimum absolute atomic E-state index is 0.0147. The third kappa shape index (κ3) is 27.0. The summed E-state index contributed by atoms with van der Waals surface area (Å²) in [5, 5.41) is 29.5. The van der Waals surface area contributed by atoms with Crippen LogP contribution < -0.4 is 68.7 Å². The molecule has 0 saturated carbocycles. The number of rotatable bonds is 41. The summed E-state index contributed by atoms with van der Waals surface area (Å²) >= 11 is 0. The highest BCUT2D eigenvalue weighted by Crippen LogP contribution is 2.48. The van der Waals surface area contributed by atoms with Crippen LogP contribution in [0.4, 0.5) is 0 Å². The Hall–Kier alpha value is -9.12. The van der Waals surface area contributed by atoms with Crippen molar-refractivity contribution < 1.29 is 80.8 Å².